The second-order valence-corrected chi connectivity index (χ2v) is 6.77. The summed E-state index contributed by atoms with van der Waals surface area (Å²) in [6.45, 7) is 2.13. The molecule has 0 aliphatic rings. The van der Waals surface area contributed by atoms with Crippen LogP contribution in [-0.4, -0.2) is 4.98 Å². The van der Waals surface area contributed by atoms with E-state index in [9.17, 15) is 0 Å². The molecule has 1 nitrogen and oxygen atoms in total. The standard InChI is InChI=1S/C24H18ClN/c1-17-14-24(19-10-12-22(25)13-11-19)26-16-23(17)21-9-5-8-20(15-21)18-6-3-2-4-7-18/h2-16H,1H3. The van der Waals surface area contributed by atoms with E-state index in [0.717, 1.165) is 21.8 Å². The SMILES string of the molecule is Cc1cc(-c2ccc(Cl)cc2)ncc1-c1cccc(-c2ccccc2)c1. The fourth-order valence-corrected chi connectivity index (χ4v) is 3.26. The van der Waals surface area contributed by atoms with Crippen LogP contribution in [-0.2, 0) is 0 Å². The Morgan fingerprint density at radius 1 is 0.654 bits per heavy atom. The Bertz CT molecular complexity index is 1040. The van der Waals surface area contributed by atoms with Crippen molar-refractivity contribution < 1.29 is 0 Å². The monoisotopic (exact) mass is 355 g/mol. The maximum Gasteiger partial charge on any atom is 0.0705 e. The number of hydrogen-bond acceptors (Lipinski definition) is 1. The molecule has 1 heterocycles. The van der Waals surface area contributed by atoms with Gasteiger partial charge in [-0.3, -0.25) is 4.98 Å². The molecule has 0 fully saturated rings. The summed E-state index contributed by atoms with van der Waals surface area (Å²) in [5, 5.41) is 0.736. The average Bonchev–Trinajstić information content (AvgIpc) is 2.69. The van der Waals surface area contributed by atoms with Gasteiger partial charge in [0.2, 0.25) is 0 Å². The Labute approximate surface area is 158 Å². The molecule has 0 saturated heterocycles. The van der Waals surface area contributed by atoms with Gasteiger partial charge in [0.15, 0.2) is 0 Å². The van der Waals surface area contributed by atoms with Crippen LogP contribution in [0.1, 0.15) is 5.56 Å². The molecule has 0 N–H and O–H groups in total. The molecule has 4 rings (SSSR count). The molecule has 0 radical (unpaired) electrons. The lowest BCUT2D eigenvalue weighted by atomic mass is 9.97. The quantitative estimate of drug-likeness (QED) is 0.384. The average molecular weight is 356 g/mol. The van der Waals surface area contributed by atoms with Gasteiger partial charge in [0, 0.05) is 22.3 Å². The number of pyridine rings is 1. The molecular weight excluding hydrogens is 338 g/mol. The van der Waals surface area contributed by atoms with E-state index in [4.69, 9.17) is 11.6 Å². The Kier molecular flexibility index (Phi) is 4.55. The van der Waals surface area contributed by atoms with Gasteiger partial charge in [-0.1, -0.05) is 72.3 Å². The van der Waals surface area contributed by atoms with E-state index < -0.39 is 0 Å². The zero-order valence-corrected chi connectivity index (χ0v) is 15.2. The maximum absolute atomic E-state index is 5.98. The second kappa shape index (κ2) is 7.15. The van der Waals surface area contributed by atoms with Crippen LogP contribution in [0.15, 0.2) is 91.1 Å². The van der Waals surface area contributed by atoms with E-state index in [1.165, 1.54) is 22.3 Å². The highest BCUT2D eigenvalue weighted by atomic mass is 35.5. The number of benzene rings is 3. The van der Waals surface area contributed by atoms with Gasteiger partial charge in [0.1, 0.15) is 0 Å². The van der Waals surface area contributed by atoms with Gasteiger partial charge >= 0.3 is 0 Å². The van der Waals surface area contributed by atoms with Gasteiger partial charge in [-0.05, 0) is 53.4 Å². The zero-order valence-electron chi connectivity index (χ0n) is 14.5. The van der Waals surface area contributed by atoms with E-state index in [2.05, 4.69) is 66.5 Å². The van der Waals surface area contributed by atoms with Crippen LogP contribution >= 0.6 is 11.6 Å². The summed E-state index contributed by atoms with van der Waals surface area (Å²) in [6.07, 6.45) is 1.96. The van der Waals surface area contributed by atoms with Crippen LogP contribution in [0.4, 0.5) is 0 Å². The predicted octanol–water partition coefficient (Wildman–Crippen LogP) is 7.04. The first-order valence-electron chi connectivity index (χ1n) is 8.59. The summed E-state index contributed by atoms with van der Waals surface area (Å²) in [7, 11) is 0. The summed E-state index contributed by atoms with van der Waals surface area (Å²) in [5.41, 5.74) is 8.00. The zero-order chi connectivity index (χ0) is 17.9. The molecule has 4 aromatic rings. The maximum atomic E-state index is 5.98. The van der Waals surface area contributed by atoms with Gasteiger partial charge in [-0.15, -0.1) is 0 Å². The summed E-state index contributed by atoms with van der Waals surface area (Å²) in [5.74, 6) is 0. The third-order valence-corrected chi connectivity index (χ3v) is 4.78. The van der Waals surface area contributed by atoms with Crippen molar-refractivity contribution in [2.24, 2.45) is 0 Å². The number of rotatable bonds is 3. The number of aryl methyl sites for hydroxylation is 1. The molecule has 0 amide bonds. The van der Waals surface area contributed by atoms with Gasteiger partial charge in [0.05, 0.1) is 5.69 Å². The third-order valence-electron chi connectivity index (χ3n) is 4.53. The van der Waals surface area contributed by atoms with Gasteiger partial charge in [-0.25, -0.2) is 0 Å². The van der Waals surface area contributed by atoms with Crippen molar-refractivity contribution in [3.05, 3.63) is 102 Å². The lowest BCUT2D eigenvalue weighted by Gasteiger charge is -2.10. The Hall–Kier alpha value is -2.90. The lowest BCUT2D eigenvalue weighted by molar-refractivity contribution is 1.29. The van der Waals surface area contributed by atoms with Gasteiger partial charge in [0.25, 0.3) is 0 Å². The highest BCUT2D eigenvalue weighted by Crippen LogP contribution is 2.30. The van der Waals surface area contributed by atoms with Crippen molar-refractivity contribution in [1.29, 1.82) is 0 Å². The molecule has 26 heavy (non-hydrogen) atoms. The van der Waals surface area contributed by atoms with Gasteiger partial charge < -0.3 is 0 Å². The highest BCUT2D eigenvalue weighted by molar-refractivity contribution is 6.30. The molecule has 0 aliphatic carbocycles. The van der Waals surface area contributed by atoms with E-state index in [-0.39, 0.29) is 0 Å². The molecule has 0 unspecified atom stereocenters. The largest absolute Gasteiger partial charge is 0.256 e. The summed E-state index contributed by atoms with van der Waals surface area (Å²) < 4.78 is 0. The van der Waals surface area contributed by atoms with E-state index in [1.54, 1.807) is 0 Å². The van der Waals surface area contributed by atoms with Crippen LogP contribution in [0.3, 0.4) is 0 Å². The minimum absolute atomic E-state index is 0.736. The highest BCUT2D eigenvalue weighted by Gasteiger charge is 2.07. The number of aromatic nitrogens is 1. The van der Waals surface area contributed by atoms with Crippen LogP contribution in [0.2, 0.25) is 5.02 Å². The van der Waals surface area contributed by atoms with Crippen molar-refractivity contribution in [1.82, 2.24) is 4.98 Å². The molecule has 0 spiro atoms. The molecule has 0 aliphatic heterocycles. The number of halogens is 1. The molecule has 2 heteroatoms. The first-order valence-corrected chi connectivity index (χ1v) is 8.97. The first-order chi connectivity index (χ1) is 12.7. The smallest absolute Gasteiger partial charge is 0.0705 e. The third kappa shape index (κ3) is 3.40. The molecule has 0 saturated carbocycles. The second-order valence-electron chi connectivity index (χ2n) is 6.34. The van der Waals surface area contributed by atoms with E-state index in [1.807, 2.05) is 36.5 Å². The normalized spacial score (nSPS) is 10.7. The van der Waals surface area contributed by atoms with E-state index in [0.29, 0.717) is 0 Å². The van der Waals surface area contributed by atoms with Crippen LogP contribution in [0.25, 0.3) is 33.5 Å². The Morgan fingerprint density at radius 3 is 2.08 bits per heavy atom. The van der Waals surface area contributed by atoms with Crippen molar-refractivity contribution in [3.8, 4) is 33.5 Å². The molecular formula is C24H18ClN. The lowest BCUT2D eigenvalue weighted by Crippen LogP contribution is -1.90. The first kappa shape index (κ1) is 16.6. The van der Waals surface area contributed by atoms with Crippen LogP contribution in [0.5, 0.6) is 0 Å². The predicted molar refractivity (Wildman–Crippen MR) is 110 cm³/mol. The van der Waals surface area contributed by atoms with Crippen molar-refractivity contribution in [2.75, 3.05) is 0 Å². The molecule has 126 valence electrons. The van der Waals surface area contributed by atoms with Crippen molar-refractivity contribution in [2.45, 2.75) is 6.92 Å². The fourth-order valence-electron chi connectivity index (χ4n) is 3.13. The molecule has 1 aromatic heterocycles. The molecule has 0 atom stereocenters. The molecule has 3 aromatic carbocycles. The Balaban J connectivity index is 1.71. The summed E-state index contributed by atoms with van der Waals surface area (Å²) in [6, 6.07) is 29.0. The number of nitrogens with zero attached hydrogens (tertiary/aromatic N) is 1. The minimum Gasteiger partial charge on any atom is -0.256 e. The topological polar surface area (TPSA) is 12.9 Å². The number of hydrogen-bond donors (Lipinski definition) is 0. The van der Waals surface area contributed by atoms with E-state index >= 15 is 0 Å². The van der Waals surface area contributed by atoms with Crippen molar-refractivity contribution >= 4 is 11.6 Å². The molecule has 0 bridgehead atoms. The fraction of sp³-hybridized carbons (Fsp3) is 0.0417. The Morgan fingerprint density at radius 2 is 1.35 bits per heavy atom. The van der Waals surface area contributed by atoms with Gasteiger partial charge in [-0.2, -0.15) is 0 Å². The minimum atomic E-state index is 0.736. The summed E-state index contributed by atoms with van der Waals surface area (Å²) in [4.78, 5) is 4.68. The van der Waals surface area contributed by atoms with Crippen LogP contribution < -0.4 is 0 Å². The van der Waals surface area contributed by atoms with Crippen LogP contribution in [0, 0.1) is 6.92 Å². The summed E-state index contributed by atoms with van der Waals surface area (Å²) >= 11 is 5.98. The van der Waals surface area contributed by atoms with Crippen molar-refractivity contribution in [3.63, 3.8) is 0 Å².